The van der Waals surface area contributed by atoms with E-state index in [2.05, 4.69) is 46.8 Å². The predicted octanol–water partition coefficient (Wildman–Crippen LogP) is 7.24. The van der Waals surface area contributed by atoms with Crippen molar-refractivity contribution in [1.82, 2.24) is 10.3 Å². The summed E-state index contributed by atoms with van der Waals surface area (Å²) in [7, 11) is 0. The van der Waals surface area contributed by atoms with Gasteiger partial charge in [0.05, 0.1) is 25.2 Å². The minimum atomic E-state index is -0.495. The average molecular weight is 584 g/mol. The van der Waals surface area contributed by atoms with Gasteiger partial charge >= 0.3 is 6.03 Å². The number of urea groups is 1. The standard InChI is InChI=1S/C34H41N5O4/c1-23-10-6-7-11-26(23)32-30(21-25(22-43-32)34(3,4)5)36-38-37-33(40)35-29-20-24(2)31(28-13-9-8-12-27(28)29)42-19-16-39-14-17-41-18-15-39/h6-13,20-22,32H,14-19H2,1-5H3,(H2,35,36,37,40). The second kappa shape index (κ2) is 13.4. The van der Waals surface area contributed by atoms with E-state index in [4.69, 9.17) is 14.2 Å². The van der Waals surface area contributed by atoms with Crippen LogP contribution in [0.2, 0.25) is 0 Å². The van der Waals surface area contributed by atoms with Gasteiger partial charge in [0.1, 0.15) is 18.1 Å². The number of anilines is 1. The molecule has 1 atom stereocenters. The predicted molar refractivity (Wildman–Crippen MR) is 169 cm³/mol. The number of aryl methyl sites for hydroxylation is 2. The number of ether oxygens (including phenoxy) is 3. The Balaban J connectivity index is 1.29. The summed E-state index contributed by atoms with van der Waals surface area (Å²) in [6.45, 7) is 15.1. The Labute approximate surface area is 253 Å². The van der Waals surface area contributed by atoms with Gasteiger partial charge in [0, 0.05) is 36.0 Å². The molecule has 3 aromatic rings. The van der Waals surface area contributed by atoms with Crippen molar-refractivity contribution >= 4 is 22.5 Å². The maximum Gasteiger partial charge on any atom is 0.341 e. The first-order valence-electron chi connectivity index (χ1n) is 14.8. The molecular weight excluding hydrogens is 542 g/mol. The Morgan fingerprint density at radius 2 is 1.74 bits per heavy atom. The largest absolute Gasteiger partial charge is 0.491 e. The van der Waals surface area contributed by atoms with Gasteiger partial charge in [-0.1, -0.05) is 74.5 Å². The number of amides is 2. The van der Waals surface area contributed by atoms with E-state index in [1.807, 2.05) is 74.5 Å². The second-order valence-corrected chi connectivity index (χ2v) is 11.9. The first-order valence-corrected chi connectivity index (χ1v) is 14.8. The number of hydrogen-bond donors (Lipinski definition) is 2. The van der Waals surface area contributed by atoms with Crippen LogP contribution in [0.5, 0.6) is 5.75 Å². The van der Waals surface area contributed by atoms with E-state index in [1.165, 1.54) is 0 Å². The van der Waals surface area contributed by atoms with Crippen molar-refractivity contribution < 1.29 is 19.0 Å². The molecule has 0 saturated carbocycles. The summed E-state index contributed by atoms with van der Waals surface area (Å²) in [6.07, 6.45) is 3.35. The Hall–Kier alpha value is -4.21. The molecule has 9 heteroatoms. The maximum absolute atomic E-state index is 13.0. The lowest BCUT2D eigenvalue weighted by Crippen LogP contribution is -2.38. The third kappa shape index (κ3) is 7.42. The topological polar surface area (TPSA) is 96.8 Å². The van der Waals surface area contributed by atoms with Crippen LogP contribution in [0.3, 0.4) is 0 Å². The zero-order valence-electron chi connectivity index (χ0n) is 25.6. The zero-order chi connectivity index (χ0) is 30.4. The highest BCUT2D eigenvalue weighted by molar-refractivity contribution is 6.04. The summed E-state index contributed by atoms with van der Waals surface area (Å²) < 4.78 is 17.9. The van der Waals surface area contributed by atoms with Gasteiger partial charge in [0.2, 0.25) is 0 Å². The lowest BCUT2D eigenvalue weighted by Gasteiger charge is -2.28. The SMILES string of the molecule is Cc1ccccc1C1OC=C(C(C)(C)C)C=C1N=NNC(=O)Nc1cc(C)c(OCCN2CCOCC2)c2ccccc12. The van der Waals surface area contributed by atoms with Gasteiger partial charge in [-0.25, -0.2) is 10.2 Å². The van der Waals surface area contributed by atoms with E-state index >= 15 is 0 Å². The van der Waals surface area contributed by atoms with E-state index < -0.39 is 12.1 Å². The zero-order valence-corrected chi connectivity index (χ0v) is 25.6. The summed E-state index contributed by atoms with van der Waals surface area (Å²) in [5, 5.41) is 13.2. The minimum Gasteiger partial charge on any atom is -0.491 e. The number of allylic oxidation sites excluding steroid dienone is 2. The molecule has 1 unspecified atom stereocenters. The van der Waals surface area contributed by atoms with Crippen LogP contribution in [0.1, 0.15) is 43.6 Å². The van der Waals surface area contributed by atoms with Gasteiger partial charge < -0.3 is 19.5 Å². The first kappa shape index (κ1) is 30.3. The Morgan fingerprint density at radius 3 is 2.49 bits per heavy atom. The summed E-state index contributed by atoms with van der Waals surface area (Å²) in [5.41, 5.74) is 7.68. The van der Waals surface area contributed by atoms with Gasteiger partial charge in [-0.2, -0.15) is 0 Å². The highest BCUT2D eigenvalue weighted by Crippen LogP contribution is 2.39. The Morgan fingerprint density at radius 1 is 1.02 bits per heavy atom. The second-order valence-electron chi connectivity index (χ2n) is 11.9. The Bertz CT molecular complexity index is 1550. The van der Waals surface area contributed by atoms with Crippen LogP contribution in [0.25, 0.3) is 10.8 Å². The fraction of sp³-hybridized carbons (Fsp3) is 0.382. The number of fused-ring (bicyclic) bond motifs is 1. The van der Waals surface area contributed by atoms with Crippen molar-refractivity contribution in [3.05, 3.63) is 94.9 Å². The average Bonchev–Trinajstić information content (AvgIpc) is 2.99. The molecule has 0 bridgehead atoms. The van der Waals surface area contributed by atoms with Crippen molar-refractivity contribution in [2.24, 2.45) is 15.8 Å². The summed E-state index contributed by atoms with van der Waals surface area (Å²) in [6, 6.07) is 17.3. The van der Waals surface area contributed by atoms with Gasteiger partial charge in [0.25, 0.3) is 0 Å². The molecule has 226 valence electrons. The van der Waals surface area contributed by atoms with Crippen molar-refractivity contribution in [2.45, 2.75) is 40.7 Å². The Kier molecular flexibility index (Phi) is 9.43. The van der Waals surface area contributed by atoms with E-state index in [-0.39, 0.29) is 5.41 Å². The number of benzene rings is 3. The number of rotatable bonds is 8. The van der Waals surface area contributed by atoms with E-state index in [0.29, 0.717) is 18.0 Å². The summed E-state index contributed by atoms with van der Waals surface area (Å²) in [4.78, 5) is 15.3. The molecule has 0 radical (unpaired) electrons. The summed E-state index contributed by atoms with van der Waals surface area (Å²) >= 11 is 0. The number of nitrogens with one attached hydrogen (secondary N) is 2. The van der Waals surface area contributed by atoms with Crippen molar-refractivity contribution in [3.8, 4) is 5.75 Å². The van der Waals surface area contributed by atoms with Gasteiger partial charge in [-0.3, -0.25) is 4.90 Å². The van der Waals surface area contributed by atoms with Gasteiger partial charge in [-0.15, -0.1) is 5.11 Å². The number of carbonyl (C=O) groups is 1. The minimum absolute atomic E-state index is 0.139. The molecule has 1 saturated heterocycles. The molecule has 2 aliphatic rings. The first-order chi connectivity index (χ1) is 20.7. The van der Waals surface area contributed by atoms with E-state index in [1.54, 1.807) is 6.26 Å². The fourth-order valence-corrected chi connectivity index (χ4v) is 5.23. The van der Waals surface area contributed by atoms with Crippen LogP contribution in [0.4, 0.5) is 10.5 Å². The number of morpholine rings is 1. The van der Waals surface area contributed by atoms with Gasteiger partial charge in [-0.05, 0) is 48.1 Å². The maximum atomic E-state index is 13.0. The highest BCUT2D eigenvalue weighted by Gasteiger charge is 2.27. The van der Waals surface area contributed by atoms with E-state index in [9.17, 15) is 4.79 Å². The number of nitrogens with zero attached hydrogens (tertiary/aromatic N) is 3. The lowest BCUT2D eigenvalue weighted by molar-refractivity contribution is 0.0323. The molecule has 3 aromatic carbocycles. The lowest BCUT2D eigenvalue weighted by atomic mass is 9.85. The number of carbonyl (C=O) groups excluding carboxylic acids is 1. The molecule has 1 fully saturated rings. The molecule has 43 heavy (non-hydrogen) atoms. The normalized spacial score (nSPS) is 17.7. The molecule has 5 rings (SSSR count). The molecule has 2 amide bonds. The van der Waals surface area contributed by atoms with Gasteiger partial charge in [0.15, 0.2) is 6.10 Å². The third-order valence-electron chi connectivity index (χ3n) is 7.74. The molecule has 2 aliphatic heterocycles. The van der Waals surface area contributed by atoms with Crippen molar-refractivity contribution in [3.63, 3.8) is 0 Å². The van der Waals surface area contributed by atoms with Crippen LogP contribution in [-0.4, -0.2) is 50.4 Å². The molecule has 0 aromatic heterocycles. The molecular formula is C34H41N5O4. The molecule has 2 heterocycles. The van der Waals surface area contributed by atoms with Crippen molar-refractivity contribution in [1.29, 1.82) is 0 Å². The molecule has 0 spiro atoms. The quantitative estimate of drug-likeness (QED) is 0.215. The van der Waals surface area contributed by atoms with E-state index in [0.717, 1.165) is 71.6 Å². The fourth-order valence-electron chi connectivity index (χ4n) is 5.23. The molecule has 0 aliphatic carbocycles. The summed E-state index contributed by atoms with van der Waals surface area (Å²) in [5.74, 6) is 0.823. The number of hydrogen-bond acceptors (Lipinski definition) is 7. The van der Waals surface area contributed by atoms with Crippen LogP contribution in [0.15, 0.2) is 88.5 Å². The smallest absolute Gasteiger partial charge is 0.341 e. The van der Waals surface area contributed by atoms with Crippen LogP contribution in [-0.2, 0) is 9.47 Å². The van der Waals surface area contributed by atoms with Crippen LogP contribution in [0, 0.1) is 19.3 Å². The van der Waals surface area contributed by atoms with Crippen LogP contribution >= 0.6 is 0 Å². The van der Waals surface area contributed by atoms with Crippen LogP contribution < -0.4 is 15.5 Å². The molecule has 2 N–H and O–H groups in total. The monoisotopic (exact) mass is 583 g/mol. The van der Waals surface area contributed by atoms with Crippen molar-refractivity contribution in [2.75, 3.05) is 44.8 Å². The highest BCUT2D eigenvalue weighted by atomic mass is 16.5. The molecule has 9 nitrogen and oxygen atoms in total. The third-order valence-corrected chi connectivity index (χ3v) is 7.74.